The Labute approximate surface area is 162 Å². The van der Waals surface area contributed by atoms with Gasteiger partial charge in [0.1, 0.15) is 18.1 Å². The number of ether oxygens (including phenoxy) is 1. The van der Waals surface area contributed by atoms with Crippen molar-refractivity contribution < 1.29 is 9.26 Å². The van der Waals surface area contributed by atoms with Gasteiger partial charge in [0.2, 0.25) is 0 Å². The molecule has 1 atom stereocenters. The Bertz CT molecular complexity index is 875. The molecule has 1 unspecified atom stereocenters. The molecule has 1 fully saturated rings. The zero-order valence-electron chi connectivity index (χ0n) is 15.0. The molecule has 136 valence electrons. The van der Waals surface area contributed by atoms with Gasteiger partial charge in [-0.1, -0.05) is 40.1 Å². The normalized spacial score (nSPS) is 17.8. The van der Waals surface area contributed by atoms with Crippen LogP contribution in [0.15, 0.2) is 51.5 Å². The van der Waals surface area contributed by atoms with E-state index in [0.29, 0.717) is 6.04 Å². The maximum atomic E-state index is 6.07. The number of nitrogens with zero attached hydrogens (tertiary/aromatic N) is 2. The number of likely N-dealkylation sites (tertiary alicyclic amines) is 1. The second-order valence-corrected chi connectivity index (χ2v) is 7.75. The summed E-state index contributed by atoms with van der Waals surface area (Å²) in [5, 5.41) is 5.26. The smallest absolute Gasteiger partial charge is 0.171 e. The highest BCUT2D eigenvalue weighted by molar-refractivity contribution is 9.10. The summed E-state index contributed by atoms with van der Waals surface area (Å²) in [6, 6.07) is 14.6. The Morgan fingerprint density at radius 3 is 2.88 bits per heavy atom. The van der Waals surface area contributed by atoms with Crippen molar-refractivity contribution in [3.63, 3.8) is 0 Å². The summed E-state index contributed by atoms with van der Waals surface area (Å²) >= 11 is 3.46. The number of aromatic nitrogens is 1. The first kappa shape index (κ1) is 17.6. The van der Waals surface area contributed by atoms with Crippen LogP contribution < -0.4 is 4.74 Å². The quantitative estimate of drug-likeness (QED) is 0.532. The summed E-state index contributed by atoms with van der Waals surface area (Å²) in [5.74, 6) is 0.847. The molecular formula is C21H23BrN2O2. The van der Waals surface area contributed by atoms with Crippen LogP contribution in [0.1, 0.15) is 26.2 Å². The lowest BCUT2D eigenvalue weighted by atomic mass is 10.1. The summed E-state index contributed by atoms with van der Waals surface area (Å²) in [4.78, 5) is 2.54. The van der Waals surface area contributed by atoms with Crippen molar-refractivity contribution >= 4 is 26.9 Å². The first-order valence-corrected chi connectivity index (χ1v) is 10.1. The molecular weight excluding hydrogens is 392 g/mol. The van der Waals surface area contributed by atoms with Gasteiger partial charge in [-0.2, -0.15) is 0 Å². The number of rotatable bonds is 6. The maximum Gasteiger partial charge on any atom is 0.171 e. The average Bonchev–Trinajstić information content (AvgIpc) is 3.27. The predicted molar refractivity (Wildman–Crippen MR) is 108 cm³/mol. The summed E-state index contributed by atoms with van der Waals surface area (Å²) in [7, 11) is 0. The molecule has 0 N–H and O–H groups in total. The Morgan fingerprint density at radius 1 is 1.23 bits per heavy atom. The van der Waals surface area contributed by atoms with Gasteiger partial charge < -0.3 is 9.26 Å². The molecule has 0 amide bonds. The first-order valence-electron chi connectivity index (χ1n) is 9.27. The second-order valence-electron chi connectivity index (χ2n) is 6.84. The molecule has 0 radical (unpaired) electrons. The van der Waals surface area contributed by atoms with Crippen molar-refractivity contribution in [3.05, 3.63) is 46.9 Å². The maximum absolute atomic E-state index is 6.07. The van der Waals surface area contributed by atoms with E-state index < -0.39 is 0 Å². The van der Waals surface area contributed by atoms with Crippen LogP contribution in [0.25, 0.3) is 22.2 Å². The van der Waals surface area contributed by atoms with Crippen molar-refractivity contribution in [2.45, 2.75) is 32.2 Å². The Hall–Kier alpha value is -1.85. The minimum absolute atomic E-state index is 0.527. The van der Waals surface area contributed by atoms with E-state index in [1.807, 2.05) is 42.5 Å². The molecule has 1 aliphatic rings. The van der Waals surface area contributed by atoms with Crippen molar-refractivity contribution in [3.8, 4) is 17.0 Å². The van der Waals surface area contributed by atoms with E-state index >= 15 is 0 Å². The van der Waals surface area contributed by atoms with Gasteiger partial charge in [0, 0.05) is 27.5 Å². The van der Waals surface area contributed by atoms with Crippen molar-refractivity contribution in [2.24, 2.45) is 0 Å². The van der Waals surface area contributed by atoms with Gasteiger partial charge in [0.25, 0.3) is 0 Å². The molecule has 2 heterocycles. The van der Waals surface area contributed by atoms with Crippen LogP contribution in [0.2, 0.25) is 0 Å². The van der Waals surface area contributed by atoms with E-state index in [-0.39, 0.29) is 0 Å². The third-order valence-electron chi connectivity index (χ3n) is 5.01. The van der Waals surface area contributed by atoms with Crippen molar-refractivity contribution in [1.29, 1.82) is 0 Å². The molecule has 1 saturated heterocycles. The van der Waals surface area contributed by atoms with Gasteiger partial charge in [-0.25, -0.2) is 0 Å². The molecule has 4 rings (SSSR count). The van der Waals surface area contributed by atoms with Crippen molar-refractivity contribution in [2.75, 3.05) is 19.7 Å². The lowest BCUT2D eigenvalue weighted by Crippen LogP contribution is -2.34. The number of hydrogen-bond acceptors (Lipinski definition) is 4. The third kappa shape index (κ3) is 3.64. The molecule has 0 aliphatic carbocycles. The van der Waals surface area contributed by atoms with Crippen molar-refractivity contribution in [1.82, 2.24) is 10.1 Å². The number of halogens is 1. The molecule has 0 spiro atoms. The monoisotopic (exact) mass is 414 g/mol. The first-order chi connectivity index (χ1) is 12.7. The highest BCUT2D eigenvalue weighted by atomic mass is 79.9. The van der Waals surface area contributed by atoms with Crippen LogP contribution in [-0.4, -0.2) is 35.8 Å². The standard InChI is InChI=1S/C21H23BrN2O2/c1-2-11-24-12-3-4-17(24)14-25-18-9-10-19-20(13-18)26-23-21(19)15-5-7-16(22)8-6-15/h5-10,13,17H,2-4,11-12,14H2,1H3. The van der Waals surface area contributed by atoms with Gasteiger partial charge in [-0.05, 0) is 56.6 Å². The fraction of sp³-hybridized carbons (Fsp3) is 0.381. The molecule has 26 heavy (non-hydrogen) atoms. The van der Waals surface area contributed by atoms with Gasteiger partial charge in [0.15, 0.2) is 5.58 Å². The minimum Gasteiger partial charge on any atom is -0.492 e. The van der Waals surface area contributed by atoms with E-state index in [1.165, 1.54) is 25.8 Å². The third-order valence-corrected chi connectivity index (χ3v) is 5.54. The summed E-state index contributed by atoms with van der Waals surface area (Å²) in [6.45, 7) is 5.32. The number of hydrogen-bond donors (Lipinski definition) is 0. The Kier molecular flexibility index (Phi) is 5.27. The largest absolute Gasteiger partial charge is 0.492 e. The molecule has 2 aromatic carbocycles. The molecule has 5 heteroatoms. The number of benzene rings is 2. The van der Waals surface area contributed by atoms with Crippen LogP contribution >= 0.6 is 15.9 Å². The average molecular weight is 415 g/mol. The molecule has 4 nitrogen and oxygen atoms in total. The fourth-order valence-electron chi connectivity index (χ4n) is 3.68. The van der Waals surface area contributed by atoms with E-state index in [9.17, 15) is 0 Å². The highest BCUT2D eigenvalue weighted by Gasteiger charge is 2.24. The topological polar surface area (TPSA) is 38.5 Å². The molecule has 1 aromatic heterocycles. The SMILES string of the molecule is CCCN1CCCC1COc1ccc2c(-c3ccc(Br)cc3)noc2c1. The van der Waals surface area contributed by atoms with Gasteiger partial charge >= 0.3 is 0 Å². The lowest BCUT2D eigenvalue weighted by molar-refractivity contribution is 0.173. The molecule has 1 aliphatic heterocycles. The lowest BCUT2D eigenvalue weighted by Gasteiger charge is -2.23. The number of fused-ring (bicyclic) bond motifs is 1. The second kappa shape index (κ2) is 7.80. The fourth-order valence-corrected chi connectivity index (χ4v) is 3.95. The molecule has 0 bridgehead atoms. The van der Waals surface area contributed by atoms with Crippen LogP contribution in [0.4, 0.5) is 0 Å². The molecule has 0 saturated carbocycles. The van der Waals surface area contributed by atoms with Gasteiger partial charge in [-0.15, -0.1) is 0 Å². The predicted octanol–water partition coefficient (Wildman–Crippen LogP) is 5.51. The summed E-state index contributed by atoms with van der Waals surface area (Å²) < 4.78 is 12.7. The highest BCUT2D eigenvalue weighted by Crippen LogP contribution is 2.31. The van der Waals surface area contributed by atoms with E-state index in [0.717, 1.165) is 45.6 Å². The van der Waals surface area contributed by atoms with E-state index in [1.54, 1.807) is 0 Å². The Balaban J connectivity index is 1.49. The zero-order valence-corrected chi connectivity index (χ0v) is 16.5. The van der Waals surface area contributed by atoms with Crippen LogP contribution in [0, 0.1) is 0 Å². The minimum atomic E-state index is 0.527. The van der Waals surface area contributed by atoms with Gasteiger partial charge in [0.05, 0.1) is 0 Å². The molecule has 3 aromatic rings. The Morgan fingerprint density at radius 2 is 2.08 bits per heavy atom. The zero-order chi connectivity index (χ0) is 17.9. The van der Waals surface area contributed by atoms with E-state index in [2.05, 4.69) is 32.9 Å². The summed E-state index contributed by atoms with van der Waals surface area (Å²) in [6.07, 6.45) is 3.68. The summed E-state index contributed by atoms with van der Waals surface area (Å²) in [5.41, 5.74) is 2.67. The van der Waals surface area contributed by atoms with Crippen LogP contribution in [-0.2, 0) is 0 Å². The van der Waals surface area contributed by atoms with E-state index in [4.69, 9.17) is 9.26 Å². The van der Waals surface area contributed by atoms with Crippen LogP contribution in [0.5, 0.6) is 5.75 Å². The van der Waals surface area contributed by atoms with Crippen LogP contribution in [0.3, 0.4) is 0 Å². The van der Waals surface area contributed by atoms with Gasteiger partial charge in [-0.3, -0.25) is 4.90 Å².